The van der Waals surface area contributed by atoms with Gasteiger partial charge in [-0.15, -0.1) is 16.8 Å². The Labute approximate surface area is 117 Å². The molecular weight excluding hydrogens is 256 g/mol. The van der Waals surface area contributed by atoms with Gasteiger partial charge in [0.15, 0.2) is 11.5 Å². The van der Waals surface area contributed by atoms with Gasteiger partial charge in [-0.2, -0.15) is 5.10 Å². The normalized spacial score (nSPS) is 10.8. The number of hydrogen-bond acceptors (Lipinski definition) is 5. The maximum atomic E-state index is 10.1. The zero-order valence-corrected chi connectivity index (χ0v) is 11.2. The van der Waals surface area contributed by atoms with Crippen molar-refractivity contribution < 1.29 is 9.84 Å². The summed E-state index contributed by atoms with van der Waals surface area (Å²) in [5.74, 6) is 0.588. The highest BCUT2D eigenvalue weighted by Crippen LogP contribution is 2.31. The van der Waals surface area contributed by atoms with Gasteiger partial charge in [-0.3, -0.25) is 0 Å². The average Bonchev–Trinajstić information content (AvgIpc) is 2.95. The van der Waals surface area contributed by atoms with Gasteiger partial charge in [0.2, 0.25) is 0 Å². The van der Waals surface area contributed by atoms with Crippen LogP contribution in [0.25, 0.3) is 0 Å². The van der Waals surface area contributed by atoms with Crippen LogP contribution in [0.2, 0.25) is 0 Å². The molecular formula is C14H16N4O2. The van der Waals surface area contributed by atoms with Gasteiger partial charge < -0.3 is 9.84 Å². The van der Waals surface area contributed by atoms with E-state index in [-0.39, 0.29) is 5.75 Å². The fourth-order valence-electron chi connectivity index (χ4n) is 1.73. The molecule has 0 fully saturated rings. The number of ether oxygens (including phenoxy) is 1. The smallest absolute Gasteiger partial charge is 0.161 e. The molecule has 0 saturated carbocycles. The molecule has 1 aromatic heterocycles. The number of nitrogens with zero attached hydrogens (tertiary/aromatic N) is 4. The Bertz CT molecular complexity index is 606. The number of aromatic nitrogens is 3. The van der Waals surface area contributed by atoms with Crippen molar-refractivity contribution in [1.29, 1.82) is 0 Å². The molecule has 20 heavy (non-hydrogen) atoms. The van der Waals surface area contributed by atoms with Crippen molar-refractivity contribution in [1.82, 2.24) is 14.9 Å². The first-order valence-corrected chi connectivity index (χ1v) is 6.23. The van der Waals surface area contributed by atoms with Gasteiger partial charge in [0.25, 0.3) is 0 Å². The highest BCUT2D eigenvalue weighted by molar-refractivity contribution is 5.81. The summed E-state index contributed by atoms with van der Waals surface area (Å²) in [6, 6.07) is 3.58. The van der Waals surface area contributed by atoms with E-state index in [2.05, 4.69) is 21.9 Å². The second-order valence-electron chi connectivity index (χ2n) is 4.04. The molecule has 0 atom stereocenters. The highest BCUT2D eigenvalue weighted by atomic mass is 16.5. The SMILES string of the molecule is C=CCc1cc(C=Nn2cnnc2)cc(OCC)c1O. The molecule has 1 heterocycles. The molecule has 6 nitrogen and oxygen atoms in total. The van der Waals surface area contributed by atoms with E-state index in [4.69, 9.17) is 4.74 Å². The maximum absolute atomic E-state index is 10.1. The Morgan fingerprint density at radius 1 is 1.40 bits per heavy atom. The van der Waals surface area contributed by atoms with E-state index in [1.807, 2.05) is 13.0 Å². The molecule has 0 aliphatic carbocycles. The highest BCUT2D eigenvalue weighted by Gasteiger charge is 2.09. The summed E-state index contributed by atoms with van der Waals surface area (Å²) >= 11 is 0. The van der Waals surface area contributed by atoms with Crippen molar-refractivity contribution >= 4 is 6.21 Å². The molecule has 0 aliphatic heterocycles. The van der Waals surface area contributed by atoms with E-state index in [0.29, 0.717) is 18.8 Å². The van der Waals surface area contributed by atoms with Gasteiger partial charge in [-0.05, 0) is 31.0 Å². The molecule has 0 spiro atoms. The van der Waals surface area contributed by atoms with Crippen molar-refractivity contribution in [3.05, 3.63) is 48.6 Å². The first-order chi connectivity index (χ1) is 9.74. The fourth-order valence-corrected chi connectivity index (χ4v) is 1.73. The molecule has 0 saturated heterocycles. The van der Waals surface area contributed by atoms with E-state index < -0.39 is 0 Å². The average molecular weight is 272 g/mol. The Kier molecular flexibility index (Phi) is 4.49. The first-order valence-electron chi connectivity index (χ1n) is 6.23. The molecule has 104 valence electrons. The van der Waals surface area contributed by atoms with Crippen LogP contribution in [0.1, 0.15) is 18.1 Å². The van der Waals surface area contributed by atoms with Gasteiger partial charge >= 0.3 is 0 Å². The number of allylic oxidation sites excluding steroid dienone is 1. The van der Waals surface area contributed by atoms with E-state index in [9.17, 15) is 5.11 Å². The topological polar surface area (TPSA) is 72.5 Å². The molecule has 1 N–H and O–H groups in total. The monoisotopic (exact) mass is 272 g/mol. The van der Waals surface area contributed by atoms with Gasteiger partial charge in [0.1, 0.15) is 12.7 Å². The third kappa shape index (κ3) is 3.23. The lowest BCUT2D eigenvalue weighted by Crippen LogP contribution is -1.97. The van der Waals surface area contributed by atoms with E-state index >= 15 is 0 Å². The van der Waals surface area contributed by atoms with Gasteiger partial charge in [-0.1, -0.05) is 6.08 Å². The number of rotatable bonds is 6. The zero-order valence-electron chi connectivity index (χ0n) is 11.2. The largest absolute Gasteiger partial charge is 0.504 e. The van der Waals surface area contributed by atoms with Crippen LogP contribution in [0.15, 0.2) is 42.5 Å². The lowest BCUT2D eigenvalue weighted by Gasteiger charge is -2.10. The third-order valence-corrected chi connectivity index (χ3v) is 2.59. The molecule has 2 rings (SSSR count). The van der Waals surface area contributed by atoms with Gasteiger partial charge in [0, 0.05) is 5.56 Å². The Balaban J connectivity index is 2.34. The summed E-state index contributed by atoms with van der Waals surface area (Å²) in [5, 5.41) is 21.6. The van der Waals surface area contributed by atoms with Crippen LogP contribution >= 0.6 is 0 Å². The lowest BCUT2D eigenvalue weighted by molar-refractivity contribution is 0.317. The van der Waals surface area contributed by atoms with Gasteiger partial charge in [-0.25, -0.2) is 4.68 Å². The molecule has 0 aliphatic rings. The van der Waals surface area contributed by atoms with E-state index in [0.717, 1.165) is 11.1 Å². The van der Waals surface area contributed by atoms with E-state index in [1.54, 1.807) is 18.4 Å². The summed E-state index contributed by atoms with van der Waals surface area (Å²) in [6.45, 7) is 6.03. The minimum Gasteiger partial charge on any atom is -0.504 e. The number of phenols is 1. The predicted molar refractivity (Wildman–Crippen MR) is 76.2 cm³/mol. The van der Waals surface area contributed by atoms with Crippen LogP contribution < -0.4 is 4.74 Å². The quantitative estimate of drug-likeness (QED) is 0.644. The number of phenolic OH excluding ortho intramolecular Hbond substituents is 1. The Morgan fingerprint density at radius 2 is 2.15 bits per heavy atom. The second kappa shape index (κ2) is 6.51. The fraction of sp³-hybridized carbons (Fsp3) is 0.214. The summed E-state index contributed by atoms with van der Waals surface area (Å²) in [4.78, 5) is 0. The molecule has 1 aromatic carbocycles. The molecule has 0 radical (unpaired) electrons. The zero-order chi connectivity index (χ0) is 14.4. The second-order valence-corrected chi connectivity index (χ2v) is 4.04. The molecule has 0 amide bonds. The third-order valence-electron chi connectivity index (χ3n) is 2.59. The van der Waals surface area contributed by atoms with Crippen molar-refractivity contribution in [2.45, 2.75) is 13.3 Å². The predicted octanol–water partition coefficient (Wildman–Crippen LogP) is 1.99. The molecule has 2 aromatic rings. The molecule has 6 heteroatoms. The van der Waals surface area contributed by atoms with Crippen molar-refractivity contribution in [2.75, 3.05) is 6.61 Å². The van der Waals surface area contributed by atoms with Crippen LogP contribution in [-0.2, 0) is 6.42 Å². The first kappa shape index (κ1) is 13.8. The number of hydrogen-bond donors (Lipinski definition) is 1. The standard InChI is InChI=1S/C14H16N4O2/c1-3-5-12-6-11(7-13(14(12)19)20-4-2)8-17-18-9-15-16-10-18/h3,6-10,19H,1,4-5H2,2H3. The van der Waals surface area contributed by atoms with E-state index in [1.165, 1.54) is 17.3 Å². The summed E-state index contributed by atoms with van der Waals surface area (Å²) < 4.78 is 6.91. The number of aromatic hydroxyl groups is 1. The molecule has 0 unspecified atom stereocenters. The number of benzene rings is 1. The van der Waals surface area contributed by atoms with Crippen LogP contribution in [-0.4, -0.2) is 32.8 Å². The Morgan fingerprint density at radius 3 is 2.80 bits per heavy atom. The minimum absolute atomic E-state index is 0.146. The lowest BCUT2D eigenvalue weighted by atomic mass is 10.1. The Hall–Kier alpha value is -2.63. The summed E-state index contributed by atoms with van der Waals surface area (Å²) in [5.41, 5.74) is 1.56. The van der Waals surface area contributed by atoms with Crippen LogP contribution in [0.3, 0.4) is 0 Å². The minimum atomic E-state index is 0.146. The van der Waals surface area contributed by atoms with Crippen LogP contribution in [0, 0.1) is 0 Å². The maximum Gasteiger partial charge on any atom is 0.161 e. The van der Waals surface area contributed by atoms with Crippen molar-refractivity contribution in [2.24, 2.45) is 5.10 Å². The van der Waals surface area contributed by atoms with Crippen molar-refractivity contribution in [3.63, 3.8) is 0 Å². The van der Waals surface area contributed by atoms with Crippen LogP contribution in [0.4, 0.5) is 0 Å². The summed E-state index contributed by atoms with van der Waals surface area (Å²) in [7, 11) is 0. The van der Waals surface area contributed by atoms with Crippen molar-refractivity contribution in [3.8, 4) is 11.5 Å². The summed E-state index contributed by atoms with van der Waals surface area (Å²) in [6.07, 6.45) is 6.92. The molecule has 0 bridgehead atoms. The van der Waals surface area contributed by atoms with Gasteiger partial charge in [0.05, 0.1) is 12.8 Å². The van der Waals surface area contributed by atoms with Crippen LogP contribution in [0.5, 0.6) is 11.5 Å².